The lowest BCUT2D eigenvalue weighted by Crippen LogP contribution is -2.77. The fraction of sp³-hybridized carbons (Fsp3) is 0.538. The van der Waals surface area contributed by atoms with Gasteiger partial charge in [0.2, 0.25) is 11.0 Å². The van der Waals surface area contributed by atoms with Gasteiger partial charge in [0.1, 0.15) is 5.75 Å². The molecule has 1 amide bonds. The average molecular weight is 562 g/mol. The highest BCUT2D eigenvalue weighted by atomic mass is 32.2. The minimum absolute atomic E-state index is 0.0685. The van der Waals surface area contributed by atoms with Gasteiger partial charge in [-0.05, 0) is 37.4 Å². The molecule has 1 aromatic rings. The lowest BCUT2D eigenvalue weighted by molar-refractivity contribution is -0.196. The van der Waals surface area contributed by atoms with E-state index in [0.717, 1.165) is 11.8 Å². The maximum atomic E-state index is 13.9. The first kappa shape index (κ1) is 28.9. The molecule has 6 N–H and O–H groups in total. The van der Waals surface area contributed by atoms with Crippen LogP contribution in [0.25, 0.3) is 0 Å². The highest BCUT2D eigenvalue weighted by Gasteiger charge is 2.72. The number of phenolic OH excluding ortho intramolecular Hbond substituents is 1. The Labute approximate surface area is 228 Å². The minimum Gasteiger partial charge on any atom is -0.505 e. The number of likely N-dealkylation sites (N-methyl/N-ethyl adjacent to an activating group) is 1. The number of phenols is 1. The number of hydrogen-bond donors (Lipinski definition) is 5. The SMILES string of the molecule is CCSC(=O)CNc1ccc2c(c1O)C(=O)C1C(=O)[C@]3(O)C(=O)C(C(N)=O)C(=O)[C@@H](N(C)C)[C@@H]3[C@@H](O)[C@@H]1[C@H]2C. The van der Waals surface area contributed by atoms with Gasteiger partial charge in [-0.3, -0.25) is 33.7 Å². The standard InChI is InChI=1S/C26H31N3O9S/c1-5-39-12(30)8-28-11-7-6-10-9(2)13-15(20(32)14(10)19(11)31)23(35)26(38)17(21(13)33)18(29(3)4)22(34)16(24(26)36)25(27)37/h6-7,9,13,15-18,21,28,31,33,38H,5,8H2,1-4H3,(H2,27,37)/t9-,13+,15?,16?,17+,18-,21-,26-/m0/s1. The molecule has 0 spiro atoms. The fourth-order valence-electron chi connectivity index (χ4n) is 6.51. The van der Waals surface area contributed by atoms with Gasteiger partial charge in [-0.25, -0.2) is 0 Å². The third-order valence-electron chi connectivity index (χ3n) is 8.22. The van der Waals surface area contributed by atoms with E-state index in [1.54, 1.807) is 6.92 Å². The van der Waals surface area contributed by atoms with Gasteiger partial charge >= 0.3 is 0 Å². The second kappa shape index (κ2) is 10.1. The molecule has 2 saturated carbocycles. The summed E-state index contributed by atoms with van der Waals surface area (Å²) in [4.78, 5) is 79.6. The summed E-state index contributed by atoms with van der Waals surface area (Å²) in [6.07, 6.45) is -1.69. The van der Waals surface area contributed by atoms with Crippen molar-refractivity contribution < 1.29 is 44.1 Å². The van der Waals surface area contributed by atoms with Gasteiger partial charge < -0.3 is 26.4 Å². The first-order valence-corrected chi connectivity index (χ1v) is 13.5. The number of amides is 1. The lowest BCUT2D eigenvalue weighted by Gasteiger charge is -2.56. The molecule has 4 rings (SSSR count). The predicted octanol–water partition coefficient (Wildman–Crippen LogP) is -0.910. The summed E-state index contributed by atoms with van der Waals surface area (Å²) in [6.45, 7) is 3.30. The van der Waals surface area contributed by atoms with Crippen LogP contribution in [0.4, 0.5) is 5.69 Å². The smallest absolute Gasteiger partial charge is 0.235 e. The molecule has 12 nitrogen and oxygen atoms in total. The Morgan fingerprint density at radius 1 is 1.15 bits per heavy atom. The molecule has 0 aliphatic heterocycles. The van der Waals surface area contributed by atoms with Crippen molar-refractivity contribution in [3.63, 3.8) is 0 Å². The Kier molecular flexibility index (Phi) is 7.49. The first-order chi connectivity index (χ1) is 18.2. The number of hydrogen-bond acceptors (Lipinski definition) is 12. The molecule has 13 heteroatoms. The molecule has 8 atom stereocenters. The summed E-state index contributed by atoms with van der Waals surface area (Å²) in [6, 6.07) is 1.59. The maximum absolute atomic E-state index is 13.9. The van der Waals surface area contributed by atoms with Crippen LogP contribution in [-0.4, -0.2) is 98.5 Å². The van der Waals surface area contributed by atoms with E-state index >= 15 is 0 Å². The molecule has 39 heavy (non-hydrogen) atoms. The molecule has 210 valence electrons. The van der Waals surface area contributed by atoms with Crippen LogP contribution in [0.3, 0.4) is 0 Å². The number of nitrogens with zero attached hydrogens (tertiary/aromatic N) is 1. The van der Waals surface area contributed by atoms with Crippen molar-refractivity contribution >= 4 is 51.6 Å². The van der Waals surface area contributed by atoms with E-state index in [-0.39, 0.29) is 22.9 Å². The van der Waals surface area contributed by atoms with Gasteiger partial charge in [-0.1, -0.05) is 31.7 Å². The highest BCUT2D eigenvalue weighted by molar-refractivity contribution is 8.13. The zero-order chi connectivity index (χ0) is 29.1. The Morgan fingerprint density at radius 2 is 1.79 bits per heavy atom. The Hall–Kier alpha value is -3.13. The van der Waals surface area contributed by atoms with Crippen LogP contribution >= 0.6 is 11.8 Å². The Bertz CT molecular complexity index is 1300. The summed E-state index contributed by atoms with van der Waals surface area (Å²) in [5, 5.41) is 36.8. The normalized spacial score (nSPS) is 33.9. The van der Waals surface area contributed by atoms with Crippen LogP contribution in [0, 0.1) is 23.7 Å². The van der Waals surface area contributed by atoms with E-state index in [2.05, 4.69) is 5.32 Å². The molecule has 2 unspecified atom stereocenters. The second-order valence-electron chi connectivity index (χ2n) is 10.4. The number of thioether (sulfide) groups is 1. The van der Waals surface area contributed by atoms with Crippen molar-refractivity contribution in [3.8, 4) is 5.75 Å². The van der Waals surface area contributed by atoms with Crippen LogP contribution in [0.15, 0.2) is 12.1 Å². The zero-order valence-electron chi connectivity index (χ0n) is 21.8. The molecule has 0 heterocycles. The van der Waals surface area contributed by atoms with Gasteiger partial charge in [-0.2, -0.15) is 0 Å². The largest absolute Gasteiger partial charge is 0.505 e. The van der Waals surface area contributed by atoms with E-state index in [0.29, 0.717) is 11.3 Å². The van der Waals surface area contributed by atoms with E-state index in [4.69, 9.17) is 5.73 Å². The maximum Gasteiger partial charge on any atom is 0.235 e. The number of carbonyl (C=O) groups excluding carboxylic acids is 6. The number of aliphatic hydroxyl groups excluding tert-OH is 1. The number of primary amides is 1. The molecule has 0 saturated heterocycles. The molecule has 2 fully saturated rings. The number of ketones is 4. The Morgan fingerprint density at radius 3 is 2.36 bits per heavy atom. The predicted molar refractivity (Wildman–Crippen MR) is 139 cm³/mol. The van der Waals surface area contributed by atoms with Crippen LogP contribution in [0.1, 0.15) is 35.7 Å². The molecular formula is C26H31N3O9S. The third kappa shape index (κ3) is 4.10. The van der Waals surface area contributed by atoms with Crippen molar-refractivity contribution in [1.82, 2.24) is 4.90 Å². The second-order valence-corrected chi connectivity index (χ2v) is 11.8. The van der Waals surface area contributed by atoms with Crippen LogP contribution in [0.5, 0.6) is 5.75 Å². The van der Waals surface area contributed by atoms with Crippen LogP contribution in [-0.2, 0) is 24.0 Å². The molecule has 0 radical (unpaired) electrons. The summed E-state index contributed by atoms with van der Waals surface area (Å²) < 4.78 is 0. The molecule has 0 bridgehead atoms. The summed E-state index contributed by atoms with van der Waals surface area (Å²) >= 11 is 1.07. The summed E-state index contributed by atoms with van der Waals surface area (Å²) in [7, 11) is 2.86. The number of carbonyl (C=O) groups is 6. The van der Waals surface area contributed by atoms with Crippen molar-refractivity contribution in [2.24, 2.45) is 29.4 Å². The highest BCUT2D eigenvalue weighted by Crippen LogP contribution is 2.55. The zero-order valence-corrected chi connectivity index (χ0v) is 22.7. The first-order valence-electron chi connectivity index (χ1n) is 12.5. The number of anilines is 1. The average Bonchev–Trinajstić information content (AvgIpc) is 2.85. The van der Waals surface area contributed by atoms with Crippen LogP contribution in [0.2, 0.25) is 0 Å². The number of fused-ring (bicyclic) bond motifs is 3. The lowest BCUT2D eigenvalue weighted by atomic mass is 9.49. The van der Waals surface area contributed by atoms with Gasteiger partial charge in [0, 0.05) is 5.92 Å². The van der Waals surface area contributed by atoms with Gasteiger partial charge in [0.05, 0.1) is 41.8 Å². The number of Topliss-reactive ketones (excluding diaryl/α,β-unsaturated/α-hetero) is 4. The van der Waals surface area contributed by atoms with Gasteiger partial charge in [-0.15, -0.1) is 0 Å². The molecule has 0 aromatic heterocycles. The van der Waals surface area contributed by atoms with E-state index in [9.17, 15) is 44.1 Å². The molecule has 1 aromatic carbocycles. The number of nitrogens with one attached hydrogen (secondary N) is 1. The van der Waals surface area contributed by atoms with E-state index in [1.807, 2.05) is 6.92 Å². The number of nitrogens with two attached hydrogens (primary N) is 1. The molecule has 3 aliphatic rings. The van der Waals surface area contributed by atoms with Crippen LogP contribution < -0.4 is 11.1 Å². The number of aliphatic hydroxyl groups is 2. The van der Waals surface area contributed by atoms with Gasteiger partial charge in [0.25, 0.3) is 0 Å². The van der Waals surface area contributed by atoms with Crippen molar-refractivity contribution in [3.05, 3.63) is 23.3 Å². The van der Waals surface area contributed by atoms with E-state index < -0.39 is 82.1 Å². The number of rotatable bonds is 6. The topological polar surface area (TPSA) is 204 Å². The number of benzene rings is 1. The third-order valence-corrected chi connectivity index (χ3v) is 8.97. The van der Waals surface area contributed by atoms with Crippen molar-refractivity contribution in [2.45, 2.75) is 37.5 Å². The molecule has 3 aliphatic carbocycles. The van der Waals surface area contributed by atoms with E-state index in [1.165, 1.54) is 31.1 Å². The minimum atomic E-state index is -3.05. The van der Waals surface area contributed by atoms with Gasteiger partial charge in [0.15, 0.2) is 34.7 Å². The molecular weight excluding hydrogens is 530 g/mol. The quantitative estimate of drug-likeness (QED) is 0.212. The van der Waals surface area contributed by atoms with Crippen molar-refractivity contribution in [2.75, 3.05) is 31.7 Å². The summed E-state index contributed by atoms with van der Waals surface area (Å²) in [5.41, 5.74) is 2.41. The fourth-order valence-corrected chi connectivity index (χ4v) is 7.01. The summed E-state index contributed by atoms with van der Waals surface area (Å²) in [5.74, 6) is -13.3. The number of aromatic hydroxyl groups is 1. The Balaban J connectivity index is 1.84. The van der Waals surface area contributed by atoms with Crippen molar-refractivity contribution in [1.29, 1.82) is 0 Å². The monoisotopic (exact) mass is 561 g/mol.